The molecule has 0 radical (unpaired) electrons. The topological polar surface area (TPSA) is 36.4 Å². The van der Waals surface area contributed by atoms with Crippen LogP contribution in [0.3, 0.4) is 0 Å². The Balaban J connectivity index is 3.08. The first-order valence-corrected chi connectivity index (χ1v) is 6.49. The van der Waals surface area contributed by atoms with E-state index in [2.05, 4.69) is 37.6 Å². The molecule has 1 aromatic rings. The Morgan fingerprint density at radius 2 is 2.00 bits per heavy atom. The van der Waals surface area contributed by atoms with Crippen LogP contribution in [0, 0.1) is 0 Å². The van der Waals surface area contributed by atoms with Crippen molar-refractivity contribution in [2.45, 2.75) is 53.2 Å². The van der Waals surface area contributed by atoms with Gasteiger partial charge in [0, 0.05) is 18.3 Å². The molecule has 1 aromatic heterocycles. The van der Waals surface area contributed by atoms with Crippen LogP contribution in [-0.4, -0.2) is 22.7 Å². The van der Waals surface area contributed by atoms with Crippen molar-refractivity contribution < 1.29 is 5.11 Å². The molecule has 96 valence electrons. The van der Waals surface area contributed by atoms with Gasteiger partial charge in [-0.15, -0.1) is 0 Å². The maximum Gasteiger partial charge on any atom is 0.129 e. The predicted molar refractivity (Wildman–Crippen MR) is 72.3 cm³/mol. The van der Waals surface area contributed by atoms with Crippen molar-refractivity contribution in [3.05, 3.63) is 23.4 Å². The molecule has 0 unspecified atom stereocenters. The third kappa shape index (κ3) is 3.70. The van der Waals surface area contributed by atoms with Crippen molar-refractivity contribution in [1.82, 2.24) is 4.98 Å². The fourth-order valence-electron chi connectivity index (χ4n) is 2.05. The molecule has 3 nitrogen and oxygen atoms in total. The molecule has 1 N–H and O–H groups in total. The number of nitrogens with zero attached hydrogens (tertiary/aromatic N) is 2. The fourth-order valence-corrected chi connectivity index (χ4v) is 2.05. The van der Waals surface area contributed by atoms with Crippen LogP contribution in [0.4, 0.5) is 5.82 Å². The average molecular weight is 236 g/mol. The Hall–Kier alpha value is -1.09. The molecule has 0 saturated heterocycles. The summed E-state index contributed by atoms with van der Waals surface area (Å²) in [6.07, 6.45) is 2.05. The van der Waals surface area contributed by atoms with Crippen LogP contribution in [0.25, 0.3) is 0 Å². The quantitative estimate of drug-likeness (QED) is 0.825. The Labute approximate surface area is 104 Å². The summed E-state index contributed by atoms with van der Waals surface area (Å²) in [4.78, 5) is 6.93. The number of aliphatic hydroxyl groups is 1. The first-order valence-electron chi connectivity index (χ1n) is 6.49. The van der Waals surface area contributed by atoms with Gasteiger partial charge in [-0.2, -0.15) is 0 Å². The molecular formula is C14H24N2O. The predicted octanol–water partition coefficient (Wildman–Crippen LogP) is 2.76. The molecule has 1 rings (SSSR count). The van der Waals surface area contributed by atoms with E-state index < -0.39 is 0 Å². The third-order valence-electron chi connectivity index (χ3n) is 2.87. The molecule has 0 aromatic carbocycles. The molecule has 0 atom stereocenters. The lowest BCUT2D eigenvalue weighted by molar-refractivity contribution is 0.281. The van der Waals surface area contributed by atoms with E-state index in [1.54, 1.807) is 0 Å². The monoisotopic (exact) mass is 236 g/mol. The van der Waals surface area contributed by atoms with E-state index in [0.29, 0.717) is 6.04 Å². The van der Waals surface area contributed by atoms with E-state index in [0.717, 1.165) is 36.5 Å². The maximum atomic E-state index is 9.30. The largest absolute Gasteiger partial charge is 0.392 e. The lowest BCUT2D eigenvalue weighted by Crippen LogP contribution is -2.31. The van der Waals surface area contributed by atoms with Gasteiger partial charge in [-0.25, -0.2) is 4.98 Å². The molecule has 0 aliphatic rings. The Morgan fingerprint density at radius 3 is 2.47 bits per heavy atom. The van der Waals surface area contributed by atoms with E-state index in [1.807, 2.05) is 12.1 Å². The van der Waals surface area contributed by atoms with E-state index in [4.69, 9.17) is 0 Å². The summed E-state index contributed by atoms with van der Waals surface area (Å²) in [7, 11) is 0. The number of aryl methyl sites for hydroxylation is 1. The molecule has 17 heavy (non-hydrogen) atoms. The molecular weight excluding hydrogens is 212 g/mol. The number of anilines is 1. The molecule has 0 spiro atoms. The van der Waals surface area contributed by atoms with Crippen LogP contribution < -0.4 is 4.90 Å². The molecule has 0 amide bonds. The second-order valence-electron chi connectivity index (χ2n) is 4.61. The number of rotatable bonds is 6. The second kappa shape index (κ2) is 6.60. The lowest BCUT2D eigenvalue weighted by Gasteiger charge is -2.27. The number of hydrogen-bond acceptors (Lipinski definition) is 3. The molecule has 0 bridgehead atoms. The Kier molecular flexibility index (Phi) is 5.42. The normalized spacial score (nSPS) is 10.9. The van der Waals surface area contributed by atoms with Gasteiger partial charge in [-0.1, -0.05) is 13.3 Å². The SMILES string of the molecule is CCCc1cc(CO)cc(N(CC)C(C)C)n1. The minimum Gasteiger partial charge on any atom is -0.392 e. The number of aliphatic hydroxyl groups excluding tert-OH is 1. The van der Waals surface area contributed by atoms with Gasteiger partial charge in [-0.3, -0.25) is 0 Å². The third-order valence-corrected chi connectivity index (χ3v) is 2.87. The maximum absolute atomic E-state index is 9.30. The number of pyridine rings is 1. The molecule has 3 heteroatoms. The highest BCUT2D eigenvalue weighted by atomic mass is 16.3. The zero-order chi connectivity index (χ0) is 12.8. The van der Waals surface area contributed by atoms with Crippen molar-refractivity contribution in [3.63, 3.8) is 0 Å². The summed E-state index contributed by atoms with van der Waals surface area (Å²) in [5.41, 5.74) is 2.03. The van der Waals surface area contributed by atoms with Crippen LogP contribution in [0.2, 0.25) is 0 Å². The summed E-state index contributed by atoms with van der Waals surface area (Å²) in [5, 5.41) is 9.30. The summed E-state index contributed by atoms with van der Waals surface area (Å²) in [6.45, 7) is 9.62. The lowest BCUT2D eigenvalue weighted by atomic mass is 10.1. The minimum absolute atomic E-state index is 0.0852. The van der Waals surface area contributed by atoms with E-state index in [1.165, 1.54) is 0 Å². The minimum atomic E-state index is 0.0852. The first kappa shape index (κ1) is 14.0. The van der Waals surface area contributed by atoms with Crippen molar-refractivity contribution >= 4 is 5.82 Å². The fraction of sp³-hybridized carbons (Fsp3) is 0.643. The van der Waals surface area contributed by atoms with Gasteiger partial charge in [0.15, 0.2) is 0 Å². The summed E-state index contributed by atoms with van der Waals surface area (Å²) in [5.74, 6) is 0.984. The standard InChI is InChI=1S/C14H24N2O/c1-5-7-13-8-12(10-17)9-14(15-13)16(6-2)11(3)4/h8-9,11,17H,5-7,10H2,1-4H3. The molecule has 0 aliphatic heterocycles. The van der Waals surface area contributed by atoms with Gasteiger partial charge in [0.2, 0.25) is 0 Å². The van der Waals surface area contributed by atoms with Crippen molar-refractivity contribution in [2.75, 3.05) is 11.4 Å². The highest BCUT2D eigenvalue weighted by molar-refractivity contribution is 5.43. The number of aromatic nitrogens is 1. The molecule has 1 heterocycles. The summed E-state index contributed by atoms with van der Waals surface area (Å²) in [6, 6.07) is 4.42. The summed E-state index contributed by atoms with van der Waals surface area (Å²) < 4.78 is 0. The van der Waals surface area contributed by atoms with Gasteiger partial charge < -0.3 is 10.0 Å². The van der Waals surface area contributed by atoms with Gasteiger partial charge >= 0.3 is 0 Å². The highest BCUT2D eigenvalue weighted by Crippen LogP contribution is 2.18. The van der Waals surface area contributed by atoms with Gasteiger partial charge in [0.25, 0.3) is 0 Å². The van der Waals surface area contributed by atoms with Crippen molar-refractivity contribution in [1.29, 1.82) is 0 Å². The van der Waals surface area contributed by atoms with Crippen LogP contribution in [0.5, 0.6) is 0 Å². The van der Waals surface area contributed by atoms with E-state index >= 15 is 0 Å². The van der Waals surface area contributed by atoms with E-state index in [9.17, 15) is 5.11 Å². The summed E-state index contributed by atoms with van der Waals surface area (Å²) >= 11 is 0. The Morgan fingerprint density at radius 1 is 1.29 bits per heavy atom. The van der Waals surface area contributed by atoms with Gasteiger partial charge in [0.1, 0.15) is 5.82 Å². The highest BCUT2D eigenvalue weighted by Gasteiger charge is 2.11. The van der Waals surface area contributed by atoms with Crippen molar-refractivity contribution in [2.24, 2.45) is 0 Å². The van der Waals surface area contributed by atoms with Gasteiger partial charge in [0.05, 0.1) is 6.61 Å². The first-order chi connectivity index (χ1) is 8.12. The Bertz CT molecular complexity index is 350. The number of hydrogen-bond donors (Lipinski definition) is 1. The second-order valence-corrected chi connectivity index (χ2v) is 4.61. The smallest absolute Gasteiger partial charge is 0.129 e. The van der Waals surface area contributed by atoms with Crippen molar-refractivity contribution in [3.8, 4) is 0 Å². The van der Waals surface area contributed by atoms with E-state index in [-0.39, 0.29) is 6.61 Å². The molecule has 0 fully saturated rings. The average Bonchev–Trinajstić information content (AvgIpc) is 2.29. The van der Waals surface area contributed by atoms with Crippen LogP contribution >= 0.6 is 0 Å². The van der Waals surface area contributed by atoms with Crippen LogP contribution in [0.1, 0.15) is 45.4 Å². The van der Waals surface area contributed by atoms with Crippen LogP contribution in [-0.2, 0) is 13.0 Å². The zero-order valence-electron chi connectivity index (χ0n) is 11.4. The van der Waals surface area contributed by atoms with Gasteiger partial charge in [-0.05, 0) is 44.9 Å². The molecule has 0 aliphatic carbocycles. The zero-order valence-corrected chi connectivity index (χ0v) is 11.4. The molecule has 0 saturated carbocycles. The van der Waals surface area contributed by atoms with Crippen LogP contribution in [0.15, 0.2) is 12.1 Å².